The zero-order valence-electron chi connectivity index (χ0n) is 19.1. The lowest BCUT2D eigenvalue weighted by Crippen LogP contribution is -2.26. The van der Waals surface area contributed by atoms with Gasteiger partial charge >= 0.3 is 0 Å². The minimum Gasteiger partial charge on any atom is -0.326 e. The van der Waals surface area contributed by atoms with Crippen molar-refractivity contribution in [1.82, 2.24) is 14.8 Å². The number of rotatable bonds is 8. The number of nitrogens with one attached hydrogen (secondary N) is 1. The summed E-state index contributed by atoms with van der Waals surface area (Å²) in [4.78, 5) is 12.6. The van der Waals surface area contributed by atoms with E-state index in [2.05, 4.69) is 33.1 Å². The van der Waals surface area contributed by atoms with Crippen LogP contribution >= 0.6 is 0 Å². The second kappa shape index (κ2) is 8.76. The van der Waals surface area contributed by atoms with E-state index in [0.717, 1.165) is 28.9 Å². The van der Waals surface area contributed by atoms with Gasteiger partial charge in [0, 0.05) is 30.5 Å². The van der Waals surface area contributed by atoms with Crippen LogP contribution < -0.4 is 5.32 Å². The van der Waals surface area contributed by atoms with Gasteiger partial charge in [-0.3, -0.25) is 4.79 Å². The van der Waals surface area contributed by atoms with Crippen LogP contribution in [0.2, 0.25) is 0 Å². The Bertz CT molecular complexity index is 933. The molecule has 31 heavy (non-hydrogen) atoms. The number of hydrogen-bond donors (Lipinski definition) is 1. The van der Waals surface area contributed by atoms with Crippen LogP contribution in [0.25, 0.3) is 0 Å². The fourth-order valence-electron chi connectivity index (χ4n) is 5.77. The molecule has 0 bridgehead atoms. The van der Waals surface area contributed by atoms with Gasteiger partial charge in [0.15, 0.2) is 0 Å². The number of anilines is 1. The molecule has 0 spiro atoms. The van der Waals surface area contributed by atoms with Gasteiger partial charge in [-0.25, -0.2) is 0 Å². The van der Waals surface area contributed by atoms with Crippen LogP contribution in [0.5, 0.6) is 0 Å². The Labute approximate surface area is 186 Å². The first kappa shape index (κ1) is 20.7. The van der Waals surface area contributed by atoms with E-state index in [1.165, 1.54) is 69.2 Å². The van der Waals surface area contributed by atoms with Gasteiger partial charge in [0.2, 0.25) is 5.91 Å². The van der Waals surface area contributed by atoms with Gasteiger partial charge in [-0.05, 0) is 69.4 Å². The summed E-state index contributed by atoms with van der Waals surface area (Å²) in [7, 11) is 0. The molecule has 3 aliphatic rings. The van der Waals surface area contributed by atoms with Gasteiger partial charge in [-0.1, -0.05) is 43.4 Å². The SMILES string of the molecule is Cc1ccc(NC(=O)CCc2nnc(C3CC(CC4CCCC4)C3)n2C2CC2)c(C)c1. The predicted octanol–water partition coefficient (Wildman–Crippen LogP) is 5.88. The van der Waals surface area contributed by atoms with Gasteiger partial charge < -0.3 is 9.88 Å². The molecule has 0 aliphatic heterocycles. The molecule has 1 aromatic carbocycles. The summed E-state index contributed by atoms with van der Waals surface area (Å²) in [5.74, 6) is 4.72. The standard InChI is InChI=1S/C26H36N4O/c1-17-7-10-23(18(2)13-17)27-25(31)12-11-24-28-29-26(30(24)22-8-9-22)21-15-20(16-21)14-19-5-3-4-6-19/h7,10,13,19-22H,3-6,8-9,11-12,14-16H2,1-2H3,(H,27,31). The summed E-state index contributed by atoms with van der Waals surface area (Å²) < 4.78 is 2.40. The van der Waals surface area contributed by atoms with Crippen molar-refractivity contribution < 1.29 is 4.79 Å². The Morgan fingerprint density at radius 3 is 2.55 bits per heavy atom. The number of carbonyl (C=O) groups is 1. The topological polar surface area (TPSA) is 59.8 Å². The summed E-state index contributed by atoms with van der Waals surface area (Å²) in [6, 6.07) is 6.70. The number of aryl methyl sites for hydroxylation is 3. The van der Waals surface area contributed by atoms with E-state index in [1.54, 1.807) is 0 Å². The van der Waals surface area contributed by atoms with Crippen LogP contribution in [0.4, 0.5) is 5.69 Å². The van der Waals surface area contributed by atoms with Crippen molar-refractivity contribution in [1.29, 1.82) is 0 Å². The van der Waals surface area contributed by atoms with Crippen molar-refractivity contribution in [3.05, 3.63) is 41.0 Å². The van der Waals surface area contributed by atoms with E-state index in [-0.39, 0.29) is 5.91 Å². The Morgan fingerprint density at radius 1 is 1.06 bits per heavy atom. The number of aromatic nitrogens is 3. The Kier molecular flexibility index (Phi) is 5.85. The first-order valence-electron chi connectivity index (χ1n) is 12.4. The summed E-state index contributed by atoms with van der Waals surface area (Å²) >= 11 is 0. The second-order valence-corrected chi connectivity index (χ2v) is 10.4. The highest BCUT2D eigenvalue weighted by Crippen LogP contribution is 2.48. The van der Waals surface area contributed by atoms with Crippen molar-refractivity contribution >= 4 is 11.6 Å². The predicted molar refractivity (Wildman–Crippen MR) is 123 cm³/mol. The van der Waals surface area contributed by atoms with Crippen molar-refractivity contribution in [2.75, 3.05) is 5.32 Å². The molecule has 3 saturated carbocycles. The van der Waals surface area contributed by atoms with Gasteiger partial charge in [0.25, 0.3) is 0 Å². The molecule has 0 unspecified atom stereocenters. The lowest BCUT2D eigenvalue weighted by molar-refractivity contribution is -0.116. The Hall–Kier alpha value is -2.17. The molecule has 1 heterocycles. The van der Waals surface area contributed by atoms with Gasteiger partial charge in [-0.2, -0.15) is 0 Å². The number of amides is 1. The molecule has 0 atom stereocenters. The summed E-state index contributed by atoms with van der Waals surface area (Å²) in [5.41, 5.74) is 3.22. The lowest BCUT2D eigenvalue weighted by Gasteiger charge is -2.36. The second-order valence-electron chi connectivity index (χ2n) is 10.4. The third kappa shape index (κ3) is 4.70. The number of hydrogen-bond acceptors (Lipinski definition) is 3. The first-order chi connectivity index (χ1) is 15.1. The number of benzene rings is 1. The molecular weight excluding hydrogens is 384 g/mol. The normalized spacial score (nSPS) is 23.7. The third-order valence-corrected chi connectivity index (χ3v) is 7.68. The maximum absolute atomic E-state index is 12.6. The van der Waals surface area contributed by atoms with Crippen molar-refractivity contribution in [2.24, 2.45) is 11.8 Å². The Balaban J connectivity index is 1.18. The summed E-state index contributed by atoms with van der Waals surface area (Å²) in [5, 5.41) is 12.2. The van der Waals surface area contributed by atoms with Crippen LogP contribution in [0.3, 0.4) is 0 Å². The van der Waals surface area contributed by atoms with Gasteiger partial charge in [0.1, 0.15) is 11.6 Å². The highest BCUT2D eigenvalue weighted by molar-refractivity contribution is 5.91. The Morgan fingerprint density at radius 2 is 1.84 bits per heavy atom. The third-order valence-electron chi connectivity index (χ3n) is 7.68. The highest BCUT2D eigenvalue weighted by atomic mass is 16.1. The molecule has 3 aliphatic carbocycles. The van der Waals surface area contributed by atoms with Crippen LogP contribution in [-0.2, 0) is 11.2 Å². The number of carbonyl (C=O) groups excluding carboxylic acids is 1. The van der Waals surface area contributed by atoms with Crippen molar-refractivity contribution in [3.8, 4) is 0 Å². The molecule has 5 heteroatoms. The van der Waals surface area contributed by atoms with Crippen molar-refractivity contribution in [2.45, 2.75) is 96.4 Å². The monoisotopic (exact) mass is 420 g/mol. The molecule has 3 fully saturated rings. The molecule has 5 rings (SSSR count). The van der Waals surface area contributed by atoms with Crippen LogP contribution in [0.1, 0.15) is 98.9 Å². The molecule has 1 aromatic heterocycles. The molecular formula is C26H36N4O. The smallest absolute Gasteiger partial charge is 0.224 e. The zero-order chi connectivity index (χ0) is 21.4. The van der Waals surface area contributed by atoms with Gasteiger partial charge in [0.05, 0.1) is 0 Å². The van der Waals surface area contributed by atoms with Crippen LogP contribution in [0, 0.1) is 25.7 Å². The molecule has 1 N–H and O–H groups in total. The molecule has 1 amide bonds. The maximum Gasteiger partial charge on any atom is 0.224 e. The van der Waals surface area contributed by atoms with E-state index in [4.69, 9.17) is 0 Å². The molecule has 2 aromatic rings. The minimum atomic E-state index is 0.0547. The minimum absolute atomic E-state index is 0.0547. The highest BCUT2D eigenvalue weighted by Gasteiger charge is 2.39. The van der Waals surface area contributed by atoms with Crippen LogP contribution in [-0.4, -0.2) is 20.7 Å². The first-order valence-corrected chi connectivity index (χ1v) is 12.4. The lowest BCUT2D eigenvalue weighted by atomic mass is 9.70. The summed E-state index contributed by atoms with van der Waals surface area (Å²) in [6.45, 7) is 4.11. The van der Waals surface area contributed by atoms with E-state index in [0.29, 0.717) is 24.8 Å². The fourth-order valence-corrected chi connectivity index (χ4v) is 5.77. The summed E-state index contributed by atoms with van der Waals surface area (Å²) in [6.07, 6.45) is 13.4. The number of nitrogens with zero attached hydrogens (tertiary/aromatic N) is 3. The molecule has 166 valence electrons. The molecule has 0 saturated heterocycles. The van der Waals surface area contributed by atoms with E-state index in [9.17, 15) is 4.79 Å². The maximum atomic E-state index is 12.6. The molecule has 0 radical (unpaired) electrons. The average Bonchev–Trinajstić information content (AvgIpc) is 3.25. The van der Waals surface area contributed by atoms with Crippen LogP contribution in [0.15, 0.2) is 18.2 Å². The van der Waals surface area contributed by atoms with E-state index >= 15 is 0 Å². The average molecular weight is 421 g/mol. The zero-order valence-corrected chi connectivity index (χ0v) is 19.1. The quantitative estimate of drug-likeness (QED) is 0.580. The largest absolute Gasteiger partial charge is 0.326 e. The van der Waals surface area contributed by atoms with Crippen molar-refractivity contribution in [3.63, 3.8) is 0 Å². The van der Waals surface area contributed by atoms with E-state index < -0.39 is 0 Å². The van der Waals surface area contributed by atoms with Gasteiger partial charge in [-0.15, -0.1) is 10.2 Å². The van der Waals surface area contributed by atoms with E-state index in [1.807, 2.05) is 19.1 Å². The molecule has 5 nitrogen and oxygen atoms in total. The fraction of sp³-hybridized carbons (Fsp3) is 0.654.